The van der Waals surface area contributed by atoms with Gasteiger partial charge in [0.05, 0.1) is 22.2 Å². The van der Waals surface area contributed by atoms with E-state index in [1.165, 1.54) is 34.8 Å². The molecule has 0 saturated carbocycles. The smallest absolute Gasteiger partial charge is 0.416 e. The van der Waals surface area contributed by atoms with E-state index in [1.807, 2.05) is 41.8 Å². The van der Waals surface area contributed by atoms with Crippen molar-refractivity contribution >= 4 is 48.9 Å². The minimum absolute atomic E-state index is 0.0205. The lowest BCUT2D eigenvalue weighted by Gasteiger charge is -2.07. The molecule has 0 amide bonds. The summed E-state index contributed by atoms with van der Waals surface area (Å²) < 4.78 is 46.4. The summed E-state index contributed by atoms with van der Waals surface area (Å²) in [5, 5.41) is 12.4. The van der Waals surface area contributed by atoms with Gasteiger partial charge < -0.3 is 9.84 Å². The molecule has 0 unspecified atom stereocenters. The molecule has 3 aromatic carbocycles. The van der Waals surface area contributed by atoms with Gasteiger partial charge in [-0.2, -0.15) is 13.2 Å². The molecule has 2 heterocycles. The van der Waals surface area contributed by atoms with Crippen LogP contribution in [-0.2, 0) is 24.0 Å². The van der Waals surface area contributed by atoms with E-state index in [0.717, 1.165) is 43.6 Å². The number of hydrogen-bond acceptors (Lipinski definition) is 5. The first-order valence-corrected chi connectivity index (χ1v) is 11.9. The second-order valence-corrected chi connectivity index (χ2v) is 9.58. The Bertz CT molecular complexity index is 1500. The summed E-state index contributed by atoms with van der Waals surface area (Å²) in [4.78, 5) is 15.7. The van der Waals surface area contributed by atoms with Crippen molar-refractivity contribution in [1.29, 1.82) is 0 Å². The number of para-hydroxylation sites is 1. The number of rotatable bonds is 6. The minimum atomic E-state index is -4.37. The molecule has 0 fully saturated rings. The zero-order valence-corrected chi connectivity index (χ0v) is 19.1. The second-order valence-electron chi connectivity index (χ2n) is 7.64. The van der Waals surface area contributed by atoms with Gasteiger partial charge in [-0.25, -0.2) is 4.98 Å². The molecular formula is C25H16F3NO3S2. The van der Waals surface area contributed by atoms with Crippen molar-refractivity contribution in [3.05, 3.63) is 82.7 Å². The number of nitrogens with zero attached hydrogens (tertiary/aromatic N) is 1. The number of carboxylic acid groups (broad SMARTS) is 1. The van der Waals surface area contributed by atoms with Crippen LogP contribution in [0, 0.1) is 0 Å². The highest BCUT2D eigenvalue weighted by molar-refractivity contribution is 7.21. The van der Waals surface area contributed by atoms with Crippen LogP contribution in [0.1, 0.15) is 16.7 Å². The summed E-state index contributed by atoms with van der Waals surface area (Å²) in [5.41, 5.74) is 2.33. The van der Waals surface area contributed by atoms with Crippen LogP contribution in [-0.4, -0.2) is 16.1 Å². The third-order valence-electron chi connectivity index (χ3n) is 5.32. The third-order valence-corrected chi connectivity index (χ3v) is 7.39. The number of carboxylic acids is 1. The Morgan fingerprint density at radius 1 is 1.00 bits per heavy atom. The van der Waals surface area contributed by atoms with Crippen molar-refractivity contribution in [3.63, 3.8) is 0 Å². The Kier molecular flexibility index (Phi) is 5.75. The Morgan fingerprint density at radius 3 is 2.53 bits per heavy atom. The van der Waals surface area contributed by atoms with Crippen LogP contribution in [0.5, 0.6) is 5.75 Å². The molecule has 2 aromatic heterocycles. The van der Waals surface area contributed by atoms with Crippen LogP contribution < -0.4 is 4.74 Å². The molecule has 5 aromatic rings. The number of fused-ring (bicyclic) bond motifs is 2. The maximum absolute atomic E-state index is 12.9. The lowest BCUT2D eigenvalue weighted by atomic mass is 10.1. The molecular weight excluding hydrogens is 483 g/mol. The molecule has 1 N–H and O–H groups in total. The summed E-state index contributed by atoms with van der Waals surface area (Å²) >= 11 is 2.89. The first-order chi connectivity index (χ1) is 16.3. The number of thiophene rings is 1. The van der Waals surface area contributed by atoms with Crippen LogP contribution >= 0.6 is 22.7 Å². The molecule has 34 heavy (non-hydrogen) atoms. The highest BCUT2D eigenvalue weighted by atomic mass is 32.1. The summed E-state index contributed by atoms with van der Waals surface area (Å²) in [6.07, 6.45) is -4.39. The van der Waals surface area contributed by atoms with Gasteiger partial charge in [-0.05, 0) is 52.7 Å². The molecule has 0 saturated heterocycles. The number of aromatic nitrogens is 1. The molecule has 9 heteroatoms. The fourth-order valence-electron chi connectivity index (χ4n) is 3.66. The quantitative estimate of drug-likeness (QED) is 0.264. The normalized spacial score (nSPS) is 11.9. The van der Waals surface area contributed by atoms with Gasteiger partial charge in [0.15, 0.2) is 0 Å². The number of aliphatic carboxylic acids is 1. The summed E-state index contributed by atoms with van der Waals surface area (Å²) in [7, 11) is 0. The van der Waals surface area contributed by atoms with Crippen LogP contribution in [0.4, 0.5) is 13.2 Å². The van der Waals surface area contributed by atoms with Gasteiger partial charge in [-0.1, -0.05) is 24.3 Å². The lowest BCUT2D eigenvalue weighted by Crippen LogP contribution is -2.03. The zero-order chi connectivity index (χ0) is 23.9. The molecule has 5 rings (SSSR count). The SMILES string of the molecule is O=C(O)Cc1csc2cc(OCc3cccc4sc(-c5ccc(C(F)(F)F)cc5)nc34)ccc12. The summed E-state index contributed by atoms with van der Waals surface area (Å²) in [6, 6.07) is 16.3. The standard InChI is InChI=1S/C25H16F3NO3S2/c26-25(27,28)17-6-4-14(5-7-17)24-29-23-15(2-1-3-20(23)34-24)12-32-18-8-9-19-16(10-22(30)31)13-33-21(19)11-18/h1-9,11,13H,10,12H2,(H,30,31). The average Bonchev–Trinajstić information content (AvgIpc) is 3.41. The van der Waals surface area contributed by atoms with E-state index in [2.05, 4.69) is 4.98 Å². The van der Waals surface area contributed by atoms with Crippen LogP contribution in [0.2, 0.25) is 0 Å². The molecule has 0 bridgehead atoms. The van der Waals surface area contributed by atoms with Crippen LogP contribution in [0.25, 0.3) is 30.9 Å². The number of carbonyl (C=O) groups is 1. The number of hydrogen-bond donors (Lipinski definition) is 1. The maximum Gasteiger partial charge on any atom is 0.416 e. The van der Waals surface area contributed by atoms with Gasteiger partial charge in [-0.3, -0.25) is 4.79 Å². The van der Waals surface area contributed by atoms with Gasteiger partial charge in [0.25, 0.3) is 0 Å². The third kappa shape index (κ3) is 4.49. The highest BCUT2D eigenvalue weighted by Gasteiger charge is 2.30. The average molecular weight is 500 g/mol. The van der Waals surface area contributed by atoms with Crippen molar-refractivity contribution in [3.8, 4) is 16.3 Å². The number of ether oxygens (including phenoxy) is 1. The van der Waals surface area contributed by atoms with Crippen molar-refractivity contribution in [1.82, 2.24) is 4.98 Å². The van der Waals surface area contributed by atoms with Gasteiger partial charge in [0.2, 0.25) is 0 Å². The molecule has 0 atom stereocenters. The Hall–Kier alpha value is -3.43. The molecule has 4 nitrogen and oxygen atoms in total. The lowest BCUT2D eigenvalue weighted by molar-refractivity contribution is -0.138. The molecule has 0 aliphatic heterocycles. The number of benzene rings is 3. The minimum Gasteiger partial charge on any atom is -0.489 e. The van der Waals surface area contributed by atoms with Crippen molar-refractivity contribution in [2.75, 3.05) is 0 Å². The number of halogens is 3. The molecule has 0 aliphatic rings. The Morgan fingerprint density at radius 2 is 1.79 bits per heavy atom. The van der Waals surface area contributed by atoms with E-state index >= 15 is 0 Å². The fraction of sp³-hybridized carbons (Fsp3) is 0.120. The summed E-state index contributed by atoms with van der Waals surface area (Å²) in [5.74, 6) is -0.210. The fourth-order valence-corrected chi connectivity index (χ4v) is 5.67. The van der Waals surface area contributed by atoms with E-state index < -0.39 is 17.7 Å². The first-order valence-electron chi connectivity index (χ1n) is 10.2. The predicted octanol–water partition coefficient (Wildman–Crippen LogP) is 7.40. The Labute approximate surface area is 199 Å². The van der Waals surface area contributed by atoms with Crippen LogP contribution in [0.15, 0.2) is 66.0 Å². The van der Waals surface area contributed by atoms with Crippen molar-refractivity contribution < 1.29 is 27.8 Å². The van der Waals surface area contributed by atoms with Crippen LogP contribution in [0.3, 0.4) is 0 Å². The van der Waals surface area contributed by atoms with E-state index in [-0.39, 0.29) is 13.0 Å². The molecule has 0 radical (unpaired) electrons. The van der Waals surface area contributed by atoms with Gasteiger partial charge >= 0.3 is 12.1 Å². The van der Waals surface area contributed by atoms with Gasteiger partial charge in [-0.15, -0.1) is 22.7 Å². The zero-order valence-electron chi connectivity index (χ0n) is 17.4. The maximum atomic E-state index is 12.9. The van der Waals surface area contributed by atoms with E-state index in [0.29, 0.717) is 16.3 Å². The van der Waals surface area contributed by atoms with E-state index in [1.54, 1.807) is 0 Å². The number of alkyl halides is 3. The number of thiazole rings is 1. The topological polar surface area (TPSA) is 59.4 Å². The summed E-state index contributed by atoms with van der Waals surface area (Å²) in [6.45, 7) is 0.270. The molecule has 172 valence electrons. The first kappa shape index (κ1) is 22.4. The second kappa shape index (κ2) is 8.73. The van der Waals surface area contributed by atoms with Gasteiger partial charge in [0.1, 0.15) is 17.4 Å². The predicted molar refractivity (Wildman–Crippen MR) is 128 cm³/mol. The van der Waals surface area contributed by atoms with Gasteiger partial charge in [0, 0.05) is 15.8 Å². The largest absolute Gasteiger partial charge is 0.489 e. The van der Waals surface area contributed by atoms with E-state index in [9.17, 15) is 18.0 Å². The molecule has 0 spiro atoms. The highest BCUT2D eigenvalue weighted by Crippen LogP contribution is 2.35. The van der Waals surface area contributed by atoms with E-state index in [4.69, 9.17) is 9.84 Å². The Balaban J connectivity index is 1.37. The molecule has 0 aliphatic carbocycles. The van der Waals surface area contributed by atoms with Crippen molar-refractivity contribution in [2.45, 2.75) is 19.2 Å². The van der Waals surface area contributed by atoms with Crippen molar-refractivity contribution in [2.24, 2.45) is 0 Å². The monoisotopic (exact) mass is 499 g/mol.